The molecule has 1 saturated heterocycles. The Balaban J connectivity index is 1.90. The van der Waals surface area contributed by atoms with Crippen LogP contribution in [0.2, 0.25) is 0 Å². The third-order valence-corrected chi connectivity index (χ3v) is 5.90. The lowest BCUT2D eigenvalue weighted by Crippen LogP contribution is -2.40. The minimum absolute atomic E-state index is 0.0387. The molecule has 1 aromatic carbocycles. The van der Waals surface area contributed by atoms with Crippen LogP contribution in [0.1, 0.15) is 18.4 Å². The number of hydrogen-bond donors (Lipinski definition) is 2. The van der Waals surface area contributed by atoms with Gasteiger partial charge in [-0.25, -0.2) is 13.1 Å². The van der Waals surface area contributed by atoms with E-state index in [1.165, 1.54) is 7.05 Å². The summed E-state index contributed by atoms with van der Waals surface area (Å²) < 4.78 is 26.2. The number of nitrogens with zero attached hydrogens (tertiary/aromatic N) is 1. The fraction of sp³-hybridized carbons (Fsp3) is 0.533. The molecule has 0 radical (unpaired) electrons. The molecule has 0 spiro atoms. The van der Waals surface area contributed by atoms with E-state index in [0.717, 1.165) is 43.6 Å². The quantitative estimate of drug-likeness (QED) is 0.848. The van der Waals surface area contributed by atoms with E-state index in [2.05, 4.69) is 10.0 Å². The highest BCUT2D eigenvalue weighted by Crippen LogP contribution is 2.32. The van der Waals surface area contributed by atoms with Gasteiger partial charge in [-0.15, -0.1) is 0 Å². The molecule has 0 aromatic heterocycles. The van der Waals surface area contributed by atoms with Crippen LogP contribution in [0, 0.1) is 5.92 Å². The van der Waals surface area contributed by atoms with Crippen LogP contribution in [0.5, 0.6) is 0 Å². The number of carbonyl (C=O) groups excluding carboxylic acids is 1. The second kappa shape index (κ2) is 5.98. The van der Waals surface area contributed by atoms with E-state index in [1.807, 2.05) is 6.07 Å². The lowest BCUT2D eigenvalue weighted by atomic mass is 9.96. The molecule has 1 amide bonds. The Labute approximate surface area is 130 Å². The van der Waals surface area contributed by atoms with Gasteiger partial charge in [0.15, 0.2) is 0 Å². The van der Waals surface area contributed by atoms with E-state index >= 15 is 0 Å². The van der Waals surface area contributed by atoms with E-state index in [1.54, 1.807) is 17.0 Å². The van der Waals surface area contributed by atoms with E-state index in [9.17, 15) is 13.2 Å². The summed E-state index contributed by atoms with van der Waals surface area (Å²) in [6.45, 7) is 2.37. The largest absolute Gasteiger partial charge is 0.317 e. The van der Waals surface area contributed by atoms with Crippen molar-refractivity contribution in [3.63, 3.8) is 0 Å². The topological polar surface area (TPSA) is 78.5 Å². The van der Waals surface area contributed by atoms with Crippen LogP contribution in [-0.2, 0) is 21.2 Å². The number of carbonyl (C=O) groups is 1. The van der Waals surface area contributed by atoms with E-state index < -0.39 is 10.0 Å². The maximum atomic E-state index is 12.7. The number of anilines is 1. The molecule has 0 unspecified atom stereocenters. The zero-order valence-electron chi connectivity index (χ0n) is 12.6. The van der Waals surface area contributed by atoms with Gasteiger partial charge in [0.2, 0.25) is 15.9 Å². The Hall–Kier alpha value is -1.44. The molecule has 1 fully saturated rings. The summed E-state index contributed by atoms with van der Waals surface area (Å²) in [5.74, 6) is 0.163. The molecule has 2 N–H and O–H groups in total. The van der Waals surface area contributed by atoms with E-state index in [0.29, 0.717) is 6.54 Å². The predicted molar refractivity (Wildman–Crippen MR) is 84.3 cm³/mol. The van der Waals surface area contributed by atoms with Crippen molar-refractivity contribution in [3.8, 4) is 0 Å². The van der Waals surface area contributed by atoms with Crippen LogP contribution in [0.3, 0.4) is 0 Å². The van der Waals surface area contributed by atoms with Crippen molar-refractivity contribution in [3.05, 3.63) is 23.8 Å². The highest BCUT2D eigenvalue weighted by Gasteiger charge is 2.31. The first-order chi connectivity index (χ1) is 10.5. The van der Waals surface area contributed by atoms with Crippen LogP contribution >= 0.6 is 0 Å². The number of fused-ring (bicyclic) bond motifs is 1. The van der Waals surface area contributed by atoms with Crippen molar-refractivity contribution in [2.24, 2.45) is 5.92 Å². The number of hydrogen-bond acceptors (Lipinski definition) is 4. The standard InChI is InChI=1S/C15H21N3O3S/c1-16-22(20,21)13-3-2-11-6-9-18(14(11)10-13)15(19)12-4-7-17-8-5-12/h2-3,10,12,16-17H,4-9H2,1H3. The van der Waals surface area contributed by atoms with Crippen molar-refractivity contribution in [1.29, 1.82) is 0 Å². The first-order valence-corrected chi connectivity index (χ1v) is 9.10. The molecule has 0 bridgehead atoms. The van der Waals surface area contributed by atoms with Gasteiger partial charge in [-0.1, -0.05) is 6.07 Å². The molecule has 7 heteroatoms. The average molecular weight is 323 g/mol. The summed E-state index contributed by atoms with van der Waals surface area (Å²) in [5, 5.41) is 3.26. The average Bonchev–Trinajstić information content (AvgIpc) is 2.98. The first-order valence-electron chi connectivity index (χ1n) is 7.61. The van der Waals surface area contributed by atoms with Gasteiger partial charge in [0.05, 0.1) is 4.90 Å². The van der Waals surface area contributed by atoms with E-state index in [4.69, 9.17) is 0 Å². The monoisotopic (exact) mass is 323 g/mol. The molecule has 0 atom stereocenters. The molecule has 22 heavy (non-hydrogen) atoms. The molecular formula is C15H21N3O3S. The van der Waals surface area contributed by atoms with E-state index in [-0.39, 0.29) is 16.7 Å². The van der Waals surface area contributed by atoms with Crippen molar-refractivity contribution in [2.75, 3.05) is 31.6 Å². The number of amides is 1. The van der Waals surface area contributed by atoms with Crippen molar-refractivity contribution < 1.29 is 13.2 Å². The number of piperidine rings is 1. The van der Waals surface area contributed by atoms with Gasteiger partial charge in [0, 0.05) is 18.2 Å². The normalized spacial score (nSPS) is 19.2. The Bertz CT molecular complexity index is 681. The fourth-order valence-electron chi connectivity index (χ4n) is 3.16. The molecule has 0 saturated carbocycles. The minimum atomic E-state index is -3.49. The second-order valence-electron chi connectivity index (χ2n) is 5.76. The van der Waals surface area contributed by atoms with Gasteiger partial charge in [-0.2, -0.15) is 0 Å². The maximum Gasteiger partial charge on any atom is 0.240 e. The summed E-state index contributed by atoms with van der Waals surface area (Å²) in [6, 6.07) is 5.03. The first kappa shape index (κ1) is 15.5. The third-order valence-electron chi connectivity index (χ3n) is 4.49. The molecule has 2 heterocycles. The molecule has 2 aliphatic rings. The number of nitrogens with one attached hydrogen (secondary N) is 2. The Morgan fingerprint density at radius 1 is 1.32 bits per heavy atom. The number of rotatable bonds is 3. The number of benzene rings is 1. The minimum Gasteiger partial charge on any atom is -0.317 e. The van der Waals surface area contributed by atoms with Crippen molar-refractivity contribution in [1.82, 2.24) is 10.0 Å². The Morgan fingerprint density at radius 2 is 2.05 bits per heavy atom. The van der Waals surface area contributed by atoms with Gasteiger partial charge in [-0.3, -0.25) is 4.79 Å². The van der Waals surface area contributed by atoms with Crippen LogP contribution < -0.4 is 14.9 Å². The van der Waals surface area contributed by atoms with Gasteiger partial charge in [0.1, 0.15) is 0 Å². The molecular weight excluding hydrogens is 302 g/mol. The predicted octanol–water partition coefficient (Wildman–Crippen LogP) is 0.483. The summed E-state index contributed by atoms with van der Waals surface area (Å²) in [6.07, 6.45) is 2.48. The maximum absolute atomic E-state index is 12.7. The lowest BCUT2D eigenvalue weighted by molar-refractivity contribution is -0.123. The van der Waals surface area contributed by atoms with Gasteiger partial charge >= 0.3 is 0 Å². The van der Waals surface area contributed by atoms with Crippen LogP contribution in [0.15, 0.2) is 23.1 Å². The van der Waals surface area contributed by atoms with Crippen LogP contribution in [-0.4, -0.2) is 41.0 Å². The SMILES string of the molecule is CNS(=O)(=O)c1ccc2c(c1)N(C(=O)C1CCNCC1)CC2. The molecule has 120 valence electrons. The second-order valence-corrected chi connectivity index (χ2v) is 7.65. The molecule has 6 nitrogen and oxygen atoms in total. The molecule has 0 aliphatic carbocycles. The number of sulfonamides is 1. The zero-order valence-corrected chi connectivity index (χ0v) is 13.4. The highest BCUT2D eigenvalue weighted by molar-refractivity contribution is 7.89. The smallest absolute Gasteiger partial charge is 0.240 e. The molecule has 2 aliphatic heterocycles. The molecule has 3 rings (SSSR count). The molecule has 1 aromatic rings. The summed E-state index contributed by atoms with van der Waals surface area (Å²) >= 11 is 0. The van der Waals surface area contributed by atoms with Gasteiger partial charge in [0.25, 0.3) is 0 Å². The summed E-state index contributed by atoms with van der Waals surface area (Å²) in [4.78, 5) is 14.7. The lowest BCUT2D eigenvalue weighted by Gasteiger charge is -2.27. The van der Waals surface area contributed by atoms with Gasteiger partial charge in [-0.05, 0) is 57.1 Å². The summed E-state index contributed by atoms with van der Waals surface area (Å²) in [7, 11) is -2.10. The highest BCUT2D eigenvalue weighted by atomic mass is 32.2. The van der Waals surface area contributed by atoms with Crippen molar-refractivity contribution >= 4 is 21.6 Å². The Kier molecular flexibility index (Phi) is 4.20. The van der Waals surface area contributed by atoms with Gasteiger partial charge < -0.3 is 10.2 Å². The van der Waals surface area contributed by atoms with Crippen LogP contribution in [0.25, 0.3) is 0 Å². The third kappa shape index (κ3) is 2.76. The Morgan fingerprint density at radius 3 is 2.73 bits per heavy atom. The fourth-order valence-corrected chi connectivity index (χ4v) is 3.91. The van der Waals surface area contributed by atoms with Crippen molar-refractivity contribution in [2.45, 2.75) is 24.2 Å². The van der Waals surface area contributed by atoms with Crippen LogP contribution in [0.4, 0.5) is 5.69 Å². The summed E-state index contributed by atoms with van der Waals surface area (Å²) in [5.41, 5.74) is 1.79. The zero-order chi connectivity index (χ0) is 15.7.